The fraction of sp³-hybridized carbons (Fsp3) is 0.950. The third-order valence-electron chi connectivity index (χ3n) is 9.06. The predicted molar refractivity (Wildman–Crippen MR) is 90.1 cm³/mol. The van der Waals surface area contributed by atoms with E-state index in [1.54, 1.807) is 0 Å². The highest BCUT2D eigenvalue weighted by Gasteiger charge is 2.74. The number of hydrogen-bond acceptors (Lipinski definition) is 4. The average Bonchev–Trinajstić information content (AvgIpc) is 2.64. The second-order valence-electron chi connectivity index (χ2n) is 10.0. The van der Waals surface area contributed by atoms with Gasteiger partial charge in [-0.3, -0.25) is 4.79 Å². The number of carbonyl (C=O) groups excluding carboxylic acids is 1. The van der Waals surface area contributed by atoms with Crippen LogP contribution in [0.2, 0.25) is 0 Å². The molecular weight excluding hydrogens is 304 g/mol. The van der Waals surface area contributed by atoms with Crippen LogP contribution in [-0.4, -0.2) is 39.4 Å². The first-order valence-electron chi connectivity index (χ1n) is 9.68. The van der Waals surface area contributed by atoms with Gasteiger partial charge in [0.1, 0.15) is 5.78 Å². The molecule has 0 aromatic carbocycles. The molecule has 1 spiro atoms. The molecule has 0 heterocycles. The van der Waals surface area contributed by atoms with Crippen LogP contribution in [0.5, 0.6) is 0 Å². The molecule has 2 bridgehead atoms. The Morgan fingerprint density at radius 1 is 0.958 bits per heavy atom. The normalized spacial score (nSPS) is 59.0. The van der Waals surface area contributed by atoms with E-state index in [0.717, 1.165) is 25.7 Å². The Kier molecular flexibility index (Phi) is 3.42. The van der Waals surface area contributed by atoms with Gasteiger partial charge in [-0.15, -0.1) is 0 Å². The zero-order valence-corrected chi connectivity index (χ0v) is 15.3. The van der Waals surface area contributed by atoms with Crippen molar-refractivity contribution in [1.82, 2.24) is 0 Å². The largest absolute Gasteiger partial charge is 0.393 e. The Labute approximate surface area is 144 Å². The van der Waals surface area contributed by atoms with E-state index in [-0.39, 0.29) is 46.4 Å². The number of carbonyl (C=O) groups is 1. The lowest BCUT2D eigenvalue weighted by Gasteiger charge is -2.66. The van der Waals surface area contributed by atoms with Crippen LogP contribution in [0.25, 0.3) is 0 Å². The van der Waals surface area contributed by atoms with Crippen LogP contribution in [0.15, 0.2) is 0 Å². The Hall–Kier alpha value is -0.450. The topological polar surface area (TPSA) is 77.8 Å². The summed E-state index contributed by atoms with van der Waals surface area (Å²) in [5.41, 5.74) is -1.34. The lowest BCUT2D eigenvalue weighted by molar-refractivity contribution is -0.239. The van der Waals surface area contributed by atoms with Crippen molar-refractivity contribution in [3.8, 4) is 0 Å². The second kappa shape index (κ2) is 4.83. The number of rotatable bonds is 0. The molecule has 4 aliphatic carbocycles. The smallest absolute Gasteiger partial charge is 0.147 e. The van der Waals surface area contributed by atoms with Crippen LogP contribution in [-0.2, 0) is 4.79 Å². The summed E-state index contributed by atoms with van der Waals surface area (Å²) < 4.78 is 0. The fourth-order valence-corrected chi connectivity index (χ4v) is 7.70. The van der Waals surface area contributed by atoms with Gasteiger partial charge in [0.15, 0.2) is 0 Å². The van der Waals surface area contributed by atoms with E-state index in [1.165, 1.54) is 0 Å². The molecule has 4 rings (SSSR count). The summed E-state index contributed by atoms with van der Waals surface area (Å²) in [7, 11) is 0. The summed E-state index contributed by atoms with van der Waals surface area (Å²) in [6.45, 7) is 8.40. The monoisotopic (exact) mass is 336 g/mol. The first-order chi connectivity index (χ1) is 11.1. The van der Waals surface area contributed by atoms with Crippen molar-refractivity contribution in [1.29, 1.82) is 0 Å². The summed E-state index contributed by atoms with van der Waals surface area (Å²) in [4.78, 5) is 13.2. The maximum atomic E-state index is 13.2. The van der Waals surface area contributed by atoms with Crippen molar-refractivity contribution in [2.75, 3.05) is 0 Å². The summed E-state index contributed by atoms with van der Waals surface area (Å²) in [5.74, 6) is 0.146. The lowest BCUT2D eigenvalue weighted by Crippen LogP contribution is -2.68. The first-order valence-corrected chi connectivity index (χ1v) is 9.68. The van der Waals surface area contributed by atoms with E-state index in [4.69, 9.17) is 0 Å². The number of aliphatic hydroxyl groups excluding tert-OH is 3. The standard InChI is InChI=1S/C20H32O4/c1-10-11-5-6-12-19(4)8-7-14(21)18(2,3)13(19)9-15(22)20(12,16(10)23)17(11)24/h10-15,17,21-22,24H,5-9H2,1-4H3/t10?,11-,12-,13+,14?,15+,17+,19-,20?/m0/s1. The third-order valence-corrected chi connectivity index (χ3v) is 9.06. The number of fused-ring (bicyclic) bond motifs is 3. The van der Waals surface area contributed by atoms with Gasteiger partial charge in [-0.2, -0.15) is 0 Å². The number of ketones is 1. The van der Waals surface area contributed by atoms with Gasteiger partial charge >= 0.3 is 0 Å². The van der Waals surface area contributed by atoms with Crippen LogP contribution < -0.4 is 0 Å². The third kappa shape index (κ3) is 1.64. The molecule has 4 nitrogen and oxygen atoms in total. The van der Waals surface area contributed by atoms with Gasteiger partial charge < -0.3 is 15.3 Å². The molecule has 0 aromatic rings. The molecule has 4 aliphatic rings. The minimum Gasteiger partial charge on any atom is -0.393 e. The molecular formula is C20H32O4. The van der Waals surface area contributed by atoms with Crippen molar-refractivity contribution in [2.45, 2.75) is 78.1 Å². The Morgan fingerprint density at radius 2 is 1.62 bits per heavy atom. The predicted octanol–water partition coefficient (Wildman–Crippen LogP) is 2.15. The van der Waals surface area contributed by atoms with Crippen LogP contribution in [0, 0.1) is 39.9 Å². The molecule has 4 saturated carbocycles. The fourth-order valence-electron chi connectivity index (χ4n) is 7.70. The number of Topliss-reactive ketones (excluding diaryl/α,β-unsaturated/α-hetero) is 1. The Balaban J connectivity index is 1.85. The van der Waals surface area contributed by atoms with Crippen LogP contribution in [0.1, 0.15) is 59.8 Å². The molecule has 4 fully saturated rings. The van der Waals surface area contributed by atoms with Gasteiger partial charge in [-0.25, -0.2) is 0 Å². The van der Waals surface area contributed by atoms with Crippen LogP contribution in [0.4, 0.5) is 0 Å². The van der Waals surface area contributed by atoms with E-state index < -0.39 is 17.6 Å². The van der Waals surface area contributed by atoms with Crippen LogP contribution >= 0.6 is 0 Å². The summed E-state index contributed by atoms with van der Waals surface area (Å²) in [6, 6.07) is 0. The zero-order valence-electron chi connectivity index (χ0n) is 15.3. The van der Waals surface area contributed by atoms with E-state index in [9.17, 15) is 20.1 Å². The maximum absolute atomic E-state index is 13.2. The molecule has 24 heavy (non-hydrogen) atoms. The van der Waals surface area contributed by atoms with Gasteiger partial charge in [-0.05, 0) is 60.7 Å². The van der Waals surface area contributed by atoms with Gasteiger partial charge in [0.25, 0.3) is 0 Å². The average molecular weight is 336 g/mol. The highest BCUT2D eigenvalue weighted by Crippen LogP contribution is 2.71. The SMILES string of the molecule is CC1C(=O)C23[C@H](O)C[C@@H]4C(C)(C)C(O)CC[C@@]4(C)[C@@H]2CC[C@@H]1[C@H]3O. The molecule has 0 aliphatic heterocycles. The molecule has 4 heteroatoms. The highest BCUT2D eigenvalue weighted by atomic mass is 16.3. The van der Waals surface area contributed by atoms with Gasteiger partial charge in [0.05, 0.1) is 23.7 Å². The van der Waals surface area contributed by atoms with E-state index in [1.807, 2.05) is 6.92 Å². The molecule has 3 unspecified atom stereocenters. The minimum absolute atomic E-state index is 0.00532. The molecule has 9 atom stereocenters. The highest BCUT2D eigenvalue weighted by molar-refractivity contribution is 5.92. The van der Waals surface area contributed by atoms with Crippen LogP contribution in [0.3, 0.4) is 0 Å². The number of hydrogen-bond donors (Lipinski definition) is 3. The van der Waals surface area contributed by atoms with Crippen molar-refractivity contribution in [3.63, 3.8) is 0 Å². The van der Waals surface area contributed by atoms with E-state index in [0.29, 0.717) is 6.42 Å². The second-order valence-corrected chi connectivity index (χ2v) is 10.0. The zero-order chi connectivity index (χ0) is 17.7. The molecule has 0 radical (unpaired) electrons. The summed E-state index contributed by atoms with van der Waals surface area (Å²) in [5, 5.41) is 32.8. The number of aliphatic hydroxyl groups is 3. The van der Waals surface area contributed by atoms with Crippen molar-refractivity contribution in [3.05, 3.63) is 0 Å². The molecule has 0 saturated heterocycles. The van der Waals surface area contributed by atoms with E-state index in [2.05, 4.69) is 20.8 Å². The van der Waals surface area contributed by atoms with Gasteiger partial charge in [0, 0.05) is 5.92 Å². The molecule has 136 valence electrons. The molecule has 3 N–H and O–H groups in total. The van der Waals surface area contributed by atoms with Crippen molar-refractivity contribution in [2.24, 2.45) is 39.9 Å². The minimum atomic E-state index is -0.966. The van der Waals surface area contributed by atoms with Gasteiger partial charge in [-0.1, -0.05) is 27.7 Å². The summed E-state index contributed by atoms with van der Waals surface area (Å²) in [6.07, 6.45) is 2.05. The Bertz CT molecular complexity index is 572. The van der Waals surface area contributed by atoms with Gasteiger partial charge in [0.2, 0.25) is 0 Å². The molecule has 0 amide bonds. The summed E-state index contributed by atoms with van der Waals surface area (Å²) >= 11 is 0. The maximum Gasteiger partial charge on any atom is 0.147 e. The quantitative estimate of drug-likeness (QED) is 0.633. The molecule has 0 aromatic heterocycles. The van der Waals surface area contributed by atoms with Crippen molar-refractivity contribution >= 4 is 5.78 Å². The lowest BCUT2D eigenvalue weighted by atomic mass is 9.39. The van der Waals surface area contributed by atoms with Crippen molar-refractivity contribution < 1.29 is 20.1 Å². The first kappa shape index (κ1) is 17.0. The van der Waals surface area contributed by atoms with E-state index >= 15 is 0 Å². The Morgan fingerprint density at radius 3 is 2.29 bits per heavy atom.